The first-order chi connectivity index (χ1) is 14.6. The zero-order valence-electron chi connectivity index (χ0n) is 17.9. The number of hydrogen-bond acceptors (Lipinski definition) is 5. The van der Waals surface area contributed by atoms with Crippen molar-refractivity contribution in [3.63, 3.8) is 0 Å². The largest absolute Gasteiger partial charge is 0.396 e. The summed E-state index contributed by atoms with van der Waals surface area (Å²) >= 11 is 0. The molecule has 7 nitrogen and oxygen atoms in total. The van der Waals surface area contributed by atoms with Crippen LogP contribution >= 0.6 is 0 Å². The molecule has 1 amide bonds. The SMILES string of the molecule is CCn1cc(CN2CCC[C@@]3(CO)CCN(C(=O)CCc4cccnc4)C[C@H]23)cn1. The van der Waals surface area contributed by atoms with Gasteiger partial charge in [0.05, 0.1) is 12.8 Å². The Balaban J connectivity index is 1.44. The molecule has 2 aliphatic rings. The Bertz CT molecular complexity index is 839. The molecule has 4 heterocycles. The second-order valence-corrected chi connectivity index (χ2v) is 8.77. The van der Waals surface area contributed by atoms with E-state index in [2.05, 4.69) is 28.1 Å². The number of rotatable bonds is 7. The molecule has 30 heavy (non-hydrogen) atoms. The van der Waals surface area contributed by atoms with E-state index in [1.165, 1.54) is 5.56 Å². The molecule has 0 spiro atoms. The predicted molar refractivity (Wildman–Crippen MR) is 115 cm³/mol. The summed E-state index contributed by atoms with van der Waals surface area (Å²) in [5, 5.41) is 14.7. The Kier molecular flexibility index (Phi) is 6.49. The molecule has 1 N–H and O–H groups in total. The molecule has 7 heteroatoms. The molecular weight excluding hydrogens is 378 g/mol. The number of carbonyl (C=O) groups excluding carboxylic acids is 1. The van der Waals surface area contributed by atoms with Gasteiger partial charge in [0, 0.05) is 68.2 Å². The summed E-state index contributed by atoms with van der Waals surface area (Å²) in [6.45, 7) is 6.42. The van der Waals surface area contributed by atoms with Gasteiger partial charge >= 0.3 is 0 Å². The Morgan fingerprint density at radius 2 is 2.17 bits per heavy atom. The number of fused-ring (bicyclic) bond motifs is 1. The lowest BCUT2D eigenvalue weighted by molar-refractivity contribution is -0.141. The number of pyridine rings is 1. The van der Waals surface area contributed by atoms with Gasteiger partial charge in [-0.05, 0) is 50.8 Å². The molecule has 2 atom stereocenters. The van der Waals surface area contributed by atoms with Crippen LogP contribution in [0.25, 0.3) is 0 Å². The maximum atomic E-state index is 13.0. The summed E-state index contributed by atoms with van der Waals surface area (Å²) in [6.07, 6.45) is 11.9. The Morgan fingerprint density at radius 3 is 2.90 bits per heavy atom. The lowest BCUT2D eigenvalue weighted by Crippen LogP contribution is -2.63. The van der Waals surface area contributed by atoms with Gasteiger partial charge in [0.15, 0.2) is 0 Å². The highest BCUT2D eigenvalue weighted by atomic mass is 16.3. The van der Waals surface area contributed by atoms with Crippen molar-refractivity contribution in [2.45, 2.75) is 58.2 Å². The van der Waals surface area contributed by atoms with Crippen molar-refractivity contribution < 1.29 is 9.90 Å². The average molecular weight is 412 g/mol. The standard InChI is InChI=1S/C23H33N5O2/c1-2-28-16-20(14-25-28)15-26-11-4-8-23(18-29)9-12-27(17-21(23)26)22(30)7-6-19-5-3-10-24-13-19/h3,5,10,13-14,16,21,29H,2,4,6-9,11-12,15,17-18H2,1H3/t21-,23-/m0/s1. The molecule has 2 saturated heterocycles. The molecule has 2 aromatic rings. The minimum atomic E-state index is -0.0981. The highest BCUT2D eigenvalue weighted by Gasteiger charge is 2.48. The fraction of sp³-hybridized carbons (Fsp3) is 0.609. The predicted octanol–water partition coefficient (Wildman–Crippen LogP) is 2.11. The van der Waals surface area contributed by atoms with Gasteiger partial charge in [0.25, 0.3) is 0 Å². The molecule has 4 rings (SSSR count). The molecule has 0 unspecified atom stereocenters. The highest BCUT2D eigenvalue weighted by molar-refractivity contribution is 5.76. The van der Waals surface area contributed by atoms with E-state index in [0.717, 1.165) is 57.4 Å². The van der Waals surface area contributed by atoms with Gasteiger partial charge in [0.2, 0.25) is 5.91 Å². The van der Waals surface area contributed by atoms with Crippen molar-refractivity contribution in [3.05, 3.63) is 48.0 Å². The summed E-state index contributed by atoms with van der Waals surface area (Å²) in [5.74, 6) is 0.203. The van der Waals surface area contributed by atoms with E-state index in [0.29, 0.717) is 13.0 Å². The number of likely N-dealkylation sites (tertiary alicyclic amines) is 2. The third-order valence-corrected chi connectivity index (χ3v) is 6.95. The highest BCUT2D eigenvalue weighted by Crippen LogP contribution is 2.42. The molecular formula is C23H33N5O2. The number of amides is 1. The quantitative estimate of drug-likeness (QED) is 0.755. The van der Waals surface area contributed by atoms with E-state index < -0.39 is 0 Å². The van der Waals surface area contributed by atoms with Crippen molar-refractivity contribution in [2.75, 3.05) is 26.2 Å². The van der Waals surface area contributed by atoms with Gasteiger partial charge in [-0.2, -0.15) is 5.10 Å². The van der Waals surface area contributed by atoms with Crippen LogP contribution in [-0.2, 0) is 24.3 Å². The Labute approximate surface area is 178 Å². The summed E-state index contributed by atoms with van der Waals surface area (Å²) < 4.78 is 1.95. The van der Waals surface area contributed by atoms with Gasteiger partial charge in [-0.25, -0.2) is 0 Å². The van der Waals surface area contributed by atoms with Gasteiger partial charge < -0.3 is 10.0 Å². The Morgan fingerprint density at radius 1 is 1.27 bits per heavy atom. The average Bonchev–Trinajstić information content (AvgIpc) is 3.25. The first-order valence-electron chi connectivity index (χ1n) is 11.2. The summed E-state index contributed by atoms with van der Waals surface area (Å²) in [5.41, 5.74) is 2.20. The van der Waals surface area contributed by atoms with E-state index in [1.807, 2.05) is 34.1 Å². The minimum absolute atomic E-state index is 0.0981. The van der Waals surface area contributed by atoms with E-state index in [4.69, 9.17) is 0 Å². The van der Waals surface area contributed by atoms with Crippen molar-refractivity contribution in [1.82, 2.24) is 24.6 Å². The smallest absolute Gasteiger partial charge is 0.222 e. The zero-order chi connectivity index (χ0) is 21.0. The van der Waals surface area contributed by atoms with Crippen LogP contribution in [0.4, 0.5) is 0 Å². The third-order valence-electron chi connectivity index (χ3n) is 6.95. The minimum Gasteiger partial charge on any atom is -0.396 e. The normalized spacial score (nSPS) is 24.6. The third kappa shape index (κ3) is 4.42. The van der Waals surface area contributed by atoms with E-state index in [1.54, 1.807) is 6.20 Å². The molecule has 0 aromatic carbocycles. The molecule has 0 saturated carbocycles. The second-order valence-electron chi connectivity index (χ2n) is 8.77. The van der Waals surface area contributed by atoms with Crippen molar-refractivity contribution in [3.8, 4) is 0 Å². The van der Waals surface area contributed by atoms with Crippen molar-refractivity contribution in [2.24, 2.45) is 5.41 Å². The van der Waals surface area contributed by atoms with E-state index >= 15 is 0 Å². The molecule has 0 radical (unpaired) electrons. The number of piperidine rings is 2. The summed E-state index contributed by atoms with van der Waals surface area (Å²) in [7, 11) is 0. The number of carbonyl (C=O) groups is 1. The van der Waals surface area contributed by atoms with Crippen molar-refractivity contribution >= 4 is 5.91 Å². The zero-order valence-corrected chi connectivity index (χ0v) is 17.9. The molecule has 2 aromatic heterocycles. The van der Waals surface area contributed by atoms with E-state index in [-0.39, 0.29) is 24.0 Å². The lowest BCUT2D eigenvalue weighted by atomic mass is 9.69. The van der Waals surface area contributed by atoms with Crippen molar-refractivity contribution in [1.29, 1.82) is 0 Å². The van der Waals surface area contributed by atoms with Crippen LogP contribution < -0.4 is 0 Å². The van der Waals surface area contributed by atoms with E-state index in [9.17, 15) is 9.90 Å². The topological polar surface area (TPSA) is 74.5 Å². The van der Waals surface area contributed by atoms with Gasteiger partial charge in [-0.3, -0.25) is 19.4 Å². The maximum Gasteiger partial charge on any atom is 0.222 e. The van der Waals surface area contributed by atoms with Gasteiger partial charge in [0.1, 0.15) is 0 Å². The fourth-order valence-corrected chi connectivity index (χ4v) is 5.13. The van der Waals surface area contributed by atoms with Crippen LogP contribution in [0.5, 0.6) is 0 Å². The first-order valence-corrected chi connectivity index (χ1v) is 11.2. The van der Waals surface area contributed by atoms with Crippen LogP contribution in [0, 0.1) is 5.41 Å². The molecule has 0 aliphatic carbocycles. The monoisotopic (exact) mass is 411 g/mol. The maximum absolute atomic E-state index is 13.0. The van der Waals surface area contributed by atoms with Crippen LogP contribution in [0.3, 0.4) is 0 Å². The summed E-state index contributed by atoms with van der Waals surface area (Å²) in [4.78, 5) is 21.6. The lowest BCUT2D eigenvalue weighted by Gasteiger charge is -2.54. The number of aryl methyl sites for hydroxylation is 2. The van der Waals surface area contributed by atoms with Crippen LogP contribution in [0.1, 0.15) is 43.7 Å². The molecule has 162 valence electrons. The van der Waals surface area contributed by atoms with Gasteiger partial charge in [-0.1, -0.05) is 6.07 Å². The number of hydrogen-bond donors (Lipinski definition) is 1. The van der Waals surface area contributed by atoms with Crippen LogP contribution in [0.15, 0.2) is 36.9 Å². The fourth-order valence-electron chi connectivity index (χ4n) is 5.13. The first kappa shape index (κ1) is 21.0. The molecule has 2 aliphatic heterocycles. The summed E-state index contributed by atoms with van der Waals surface area (Å²) in [6, 6.07) is 4.13. The number of aliphatic hydroxyl groups excluding tert-OH is 1. The molecule has 0 bridgehead atoms. The van der Waals surface area contributed by atoms with Crippen LogP contribution in [0.2, 0.25) is 0 Å². The van der Waals surface area contributed by atoms with Gasteiger partial charge in [-0.15, -0.1) is 0 Å². The Hall–Kier alpha value is -2.25. The second kappa shape index (κ2) is 9.27. The number of nitrogens with zero attached hydrogens (tertiary/aromatic N) is 5. The molecule has 2 fully saturated rings. The number of aromatic nitrogens is 3. The van der Waals surface area contributed by atoms with Crippen LogP contribution in [-0.4, -0.2) is 67.9 Å². The number of aliphatic hydroxyl groups is 1.